The van der Waals surface area contributed by atoms with Gasteiger partial charge < -0.3 is 10.2 Å². The average molecular weight is 403 g/mol. The third-order valence-electron chi connectivity index (χ3n) is 5.06. The molecule has 4 rings (SSSR count). The molecule has 1 heterocycles. The largest absolute Gasteiger partial charge is 0.508 e. The van der Waals surface area contributed by atoms with Crippen LogP contribution in [0.2, 0.25) is 0 Å². The molecule has 0 unspecified atom stereocenters. The second-order valence-corrected chi connectivity index (χ2v) is 7.11. The zero-order valence-corrected chi connectivity index (χ0v) is 16.0. The lowest BCUT2D eigenvalue weighted by molar-refractivity contribution is -0.132. The number of hydrogen-bond donors (Lipinski definition) is 2. The number of carbonyl (C=O) groups is 2. The monoisotopic (exact) mass is 403 g/mol. The molecule has 0 bridgehead atoms. The summed E-state index contributed by atoms with van der Waals surface area (Å²) in [4.78, 5) is 27.1. The Hall–Kier alpha value is -3.93. The minimum absolute atomic E-state index is 0.00250. The molecule has 2 N–H and O–H groups in total. The molecule has 30 heavy (non-hydrogen) atoms. The van der Waals surface area contributed by atoms with Gasteiger partial charge in [0.05, 0.1) is 11.6 Å². The molecule has 0 aromatic heterocycles. The smallest absolute Gasteiger partial charge is 0.300 e. The van der Waals surface area contributed by atoms with Gasteiger partial charge in [-0.25, -0.2) is 4.39 Å². The van der Waals surface area contributed by atoms with Crippen molar-refractivity contribution >= 4 is 23.1 Å². The van der Waals surface area contributed by atoms with Gasteiger partial charge in [-0.3, -0.25) is 14.5 Å². The van der Waals surface area contributed by atoms with Gasteiger partial charge in [0.25, 0.3) is 11.7 Å². The highest BCUT2D eigenvalue weighted by molar-refractivity contribution is 6.51. The number of phenols is 1. The molecule has 1 fully saturated rings. The number of aryl methyl sites for hydroxylation is 1. The Bertz CT molecular complexity index is 1170. The highest BCUT2D eigenvalue weighted by atomic mass is 19.1. The van der Waals surface area contributed by atoms with Crippen LogP contribution in [0.25, 0.3) is 5.76 Å². The molecule has 0 spiro atoms. The number of aromatic hydroxyl groups is 1. The molecule has 3 aromatic rings. The molecule has 150 valence electrons. The van der Waals surface area contributed by atoms with E-state index in [4.69, 9.17) is 0 Å². The molecular formula is C24H18FNO4. The molecule has 1 aliphatic rings. The summed E-state index contributed by atoms with van der Waals surface area (Å²) in [6, 6.07) is 17.1. The Morgan fingerprint density at radius 1 is 0.967 bits per heavy atom. The van der Waals surface area contributed by atoms with Crippen LogP contribution in [-0.2, 0) is 9.59 Å². The number of anilines is 1. The molecule has 0 radical (unpaired) electrons. The summed E-state index contributed by atoms with van der Waals surface area (Å²) in [7, 11) is 0. The quantitative estimate of drug-likeness (QED) is 0.384. The Balaban J connectivity index is 1.95. The van der Waals surface area contributed by atoms with Gasteiger partial charge in [0.15, 0.2) is 0 Å². The Morgan fingerprint density at radius 3 is 2.27 bits per heavy atom. The number of aliphatic hydroxyl groups excluding tert-OH is 1. The maximum absolute atomic E-state index is 14.0. The fraction of sp³-hybridized carbons (Fsp3) is 0.0833. The van der Waals surface area contributed by atoms with E-state index in [1.807, 2.05) is 6.92 Å². The first-order valence-electron chi connectivity index (χ1n) is 9.29. The number of aliphatic hydroxyl groups is 1. The lowest BCUT2D eigenvalue weighted by Gasteiger charge is -2.25. The Morgan fingerprint density at radius 2 is 1.63 bits per heavy atom. The highest BCUT2D eigenvalue weighted by Crippen LogP contribution is 2.42. The normalized spacial score (nSPS) is 18.1. The van der Waals surface area contributed by atoms with Crippen molar-refractivity contribution in [2.24, 2.45) is 0 Å². The molecule has 0 saturated carbocycles. The molecule has 1 aliphatic heterocycles. The van der Waals surface area contributed by atoms with E-state index in [0.717, 1.165) is 5.56 Å². The molecule has 0 aliphatic carbocycles. The number of Topliss-reactive ketones (excluding diaryl/α,β-unsaturated/α-hetero) is 1. The minimum atomic E-state index is -1.02. The Kier molecular flexibility index (Phi) is 4.83. The van der Waals surface area contributed by atoms with Gasteiger partial charge in [-0.2, -0.15) is 0 Å². The first-order valence-corrected chi connectivity index (χ1v) is 9.29. The van der Waals surface area contributed by atoms with Gasteiger partial charge in [0, 0.05) is 11.3 Å². The Labute approximate surface area is 172 Å². The van der Waals surface area contributed by atoms with E-state index in [0.29, 0.717) is 16.8 Å². The van der Waals surface area contributed by atoms with E-state index in [1.165, 1.54) is 47.4 Å². The number of phenolic OH excluding ortho intramolecular Hbond substituents is 1. The molecule has 1 amide bonds. The van der Waals surface area contributed by atoms with Crippen LogP contribution in [0.15, 0.2) is 78.4 Å². The maximum atomic E-state index is 14.0. The predicted octanol–water partition coefficient (Wildman–Crippen LogP) is 4.47. The van der Waals surface area contributed by atoms with Gasteiger partial charge in [0.2, 0.25) is 0 Å². The van der Waals surface area contributed by atoms with Gasteiger partial charge in [-0.1, -0.05) is 42.0 Å². The molecule has 1 atom stereocenters. The van der Waals surface area contributed by atoms with E-state index in [-0.39, 0.29) is 17.1 Å². The van der Waals surface area contributed by atoms with Gasteiger partial charge in [-0.05, 0) is 48.9 Å². The van der Waals surface area contributed by atoms with Crippen LogP contribution in [0, 0.1) is 12.7 Å². The van der Waals surface area contributed by atoms with Crippen LogP contribution in [0.3, 0.4) is 0 Å². The maximum Gasteiger partial charge on any atom is 0.300 e. The van der Waals surface area contributed by atoms with Crippen molar-refractivity contribution < 1.29 is 24.2 Å². The lowest BCUT2D eigenvalue weighted by Crippen LogP contribution is -2.29. The summed E-state index contributed by atoms with van der Waals surface area (Å²) in [5, 5.41) is 20.5. The minimum Gasteiger partial charge on any atom is -0.508 e. The van der Waals surface area contributed by atoms with Gasteiger partial charge >= 0.3 is 0 Å². The highest BCUT2D eigenvalue weighted by Gasteiger charge is 2.47. The topological polar surface area (TPSA) is 77.8 Å². The number of nitrogens with zero attached hydrogens (tertiary/aromatic N) is 1. The van der Waals surface area contributed by atoms with E-state index in [1.54, 1.807) is 30.3 Å². The van der Waals surface area contributed by atoms with Gasteiger partial charge in [-0.15, -0.1) is 0 Å². The standard InChI is InChI=1S/C24H18FNO4/c1-14-5-7-15(8-6-14)22(28)20-21(16-3-2-4-17(25)13-16)26(24(30)23(20)29)18-9-11-19(27)12-10-18/h2-13,21,27-28H,1H3/t21-/m1/s1. The second kappa shape index (κ2) is 7.48. The number of hydrogen-bond acceptors (Lipinski definition) is 4. The number of ketones is 1. The first-order chi connectivity index (χ1) is 14.4. The number of halogens is 1. The summed E-state index contributed by atoms with van der Waals surface area (Å²) in [5.41, 5.74) is 1.91. The zero-order valence-electron chi connectivity index (χ0n) is 16.0. The summed E-state index contributed by atoms with van der Waals surface area (Å²) in [6.45, 7) is 1.89. The predicted molar refractivity (Wildman–Crippen MR) is 110 cm³/mol. The van der Waals surface area contributed by atoms with E-state index >= 15 is 0 Å². The second-order valence-electron chi connectivity index (χ2n) is 7.11. The van der Waals surface area contributed by atoms with Crippen molar-refractivity contribution in [2.75, 3.05) is 4.90 Å². The van der Waals surface area contributed by atoms with E-state index in [9.17, 15) is 24.2 Å². The van der Waals surface area contributed by atoms with Crippen LogP contribution >= 0.6 is 0 Å². The van der Waals surface area contributed by atoms with Crippen molar-refractivity contribution in [3.63, 3.8) is 0 Å². The van der Waals surface area contributed by atoms with Crippen molar-refractivity contribution in [1.82, 2.24) is 0 Å². The zero-order chi connectivity index (χ0) is 21.4. The third kappa shape index (κ3) is 3.33. The summed E-state index contributed by atoms with van der Waals surface area (Å²) < 4.78 is 14.0. The summed E-state index contributed by atoms with van der Waals surface area (Å²) in [5.74, 6) is -2.57. The first kappa shape index (κ1) is 19.4. The number of carbonyl (C=O) groups excluding carboxylic acids is 2. The van der Waals surface area contributed by atoms with Crippen molar-refractivity contribution in [3.8, 4) is 5.75 Å². The third-order valence-corrected chi connectivity index (χ3v) is 5.06. The fourth-order valence-electron chi connectivity index (χ4n) is 3.57. The van der Waals surface area contributed by atoms with Crippen LogP contribution in [-0.4, -0.2) is 21.9 Å². The van der Waals surface area contributed by atoms with E-state index < -0.39 is 23.5 Å². The van der Waals surface area contributed by atoms with Crippen LogP contribution in [0.4, 0.5) is 10.1 Å². The van der Waals surface area contributed by atoms with Gasteiger partial charge in [0.1, 0.15) is 17.3 Å². The number of benzene rings is 3. The van der Waals surface area contributed by atoms with Crippen LogP contribution in [0.1, 0.15) is 22.7 Å². The SMILES string of the molecule is Cc1ccc(C(O)=C2C(=O)C(=O)N(c3ccc(O)cc3)[C@@H]2c2cccc(F)c2)cc1. The molecule has 5 nitrogen and oxygen atoms in total. The molecule has 3 aromatic carbocycles. The molecule has 6 heteroatoms. The lowest BCUT2D eigenvalue weighted by atomic mass is 9.95. The van der Waals surface area contributed by atoms with Crippen LogP contribution in [0.5, 0.6) is 5.75 Å². The number of amides is 1. The molecular weight excluding hydrogens is 385 g/mol. The number of rotatable bonds is 3. The van der Waals surface area contributed by atoms with Crippen LogP contribution < -0.4 is 4.90 Å². The fourth-order valence-corrected chi connectivity index (χ4v) is 3.57. The summed E-state index contributed by atoms with van der Waals surface area (Å²) in [6.07, 6.45) is 0. The van der Waals surface area contributed by atoms with Crippen molar-refractivity contribution in [3.05, 3.63) is 101 Å². The molecule has 1 saturated heterocycles. The van der Waals surface area contributed by atoms with E-state index in [2.05, 4.69) is 0 Å². The van der Waals surface area contributed by atoms with Crippen molar-refractivity contribution in [1.29, 1.82) is 0 Å². The van der Waals surface area contributed by atoms with Crippen molar-refractivity contribution in [2.45, 2.75) is 13.0 Å². The summed E-state index contributed by atoms with van der Waals surface area (Å²) >= 11 is 0. The average Bonchev–Trinajstić information content (AvgIpc) is 3.00.